The van der Waals surface area contributed by atoms with Crippen molar-refractivity contribution in [2.75, 3.05) is 7.05 Å². The average Bonchev–Trinajstić information content (AvgIpc) is 3.53. The molecule has 1 amide bonds. The fourth-order valence-electron chi connectivity index (χ4n) is 4.10. The lowest BCUT2D eigenvalue weighted by Gasteiger charge is -2.16. The first-order valence-corrected chi connectivity index (χ1v) is 11.5. The van der Waals surface area contributed by atoms with E-state index in [9.17, 15) is 14.9 Å². The number of hydrogen-bond donors (Lipinski definition) is 0. The number of nitrogens with zero attached hydrogens (tertiary/aromatic N) is 7. The van der Waals surface area contributed by atoms with E-state index in [1.54, 1.807) is 35.7 Å². The monoisotopic (exact) mass is 493 g/mol. The fourth-order valence-corrected chi connectivity index (χ4v) is 4.10. The lowest BCUT2D eigenvalue weighted by atomic mass is 10.1. The molecule has 0 unspecified atom stereocenters. The molecule has 10 nitrogen and oxygen atoms in total. The van der Waals surface area contributed by atoms with E-state index in [1.165, 1.54) is 16.8 Å². The maximum Gasteiger partial charge on any atom is 0.276 e. The van der Waals surface area contributed by atoms with Crippen LogP contribution >= 0.6 is 0 Å². The Morgan fingerprint density at radius 1 is 0.973 bits per heavy atom. The van der Waals surface area contributed by atoms with E-state index in [1.807, 2.05) is 66.9 Å². The number of carbonyl (C=O) groups excluding carboxylic acids is 1. The molecule has 0 spiro atoms. The molecule has 0 atom stereocenters. The number of carbonyl (C=O) groups is 1. The molecule has 5 aromatic rings. The van der Waals surface area contributed by atoms with Crippen LogP contribution in [0.25, 0.3) is 22.6 Å². The number of para-hydroxylation sites is 1. The van der Waals surface area contributed by atoms with Crippen molar-refractivity contribution in [1.29, 1.82) is 0 Å². The fraction of sp³-hybridized carbons (Fsp3) is 0.111. The third-order valence-electron chi connectivity index (χ3n) is 5.99. The molecule has 0 aliphatic carbocycles. The van der Waals surface area contributed by atoms with E-state index in [-0.39, 0.29) is 17.3 Å². The summed E-state index contributed by atoms with van der Waals surface area (Å²) in [5, 5.41) is 24.2. The first-order valence-electron chi connectivity index (χ1n) is 11.5. The SMILES string of the molecule is Cc1c(C(=O)N(C)Cc2cn(-c3ccccc3)nc2-c2ccccc2)nnn1-c1cccc([N+](=O)[O-])c1. The van der Waals surface area contributed by atoms with Crippen LogP contribution in [-0.2, 0) is 6.54 Å². The van der Waals surface area contributed by atoms with Crippen LogP contribution in [0, 0.1) is 17.0 Å². The second kappa shape index (κ2) is 9.86. The number of hydrogen-bond acceptors (Lipinski definition) is 6. The van der Waals surface area contributed by atoms with Crippen molar-refractivity contribution in [2.45, 2.75) is 13.5 Å². The number of rotatable bonds is 7. The first kappa shape index (κ1) is 23.6. The number of non-ortho nitro benzene ring substituents is 1. The summed E-state index contributed by atoms with van der Waals surface area (Å²) in [4.78, 5) is 25.6. The number of nitro groups is 1. The summed E-state index contributed by atoms with van der Waals surface area (Å²) in [6.07, 6.45) is 1.92. The Labute approximate surface area is 212 Å². The Morgan fingerprint density at radius 3 is 2.35 bits per heavy atom. The summed E-state index contributed by atoms with van der Waals surface area (Å²) in [6.45, 7) is 2.00. The molecule has 0 fully saturated rings. The van der Waals surface area contributed by atoms with Crippen molar-refractivity contribution in [3.8, 4) is 22.6 Å². The summed E-state index contributed by atoms with van der Waals surface area (Å²) in [7, 11) is 1.70. The van der Waals surface area contributed by atoms with Crippen LogP contribution in [0.4, 0.5) is 5.69 Å². The van der Waals surface area contributed by atoms with E-state index >= 15 is 0 Å². The highest BCUT2D eigenvalue weighted by molar-refractivity contribution is 5.93. The van der Waals surface area contributed by atoms with Crippen LogP contribution < -0.4 is 0 Å². The maximum atomic E-state index is 13.4. The van der Waals surface area contributed by atoms with E-state index in [2.05, 4.69) is 10.3 Å². The van der Waals surface area contributed by atoms with E-state index < -0.39 is 4.92 Å². The molecule has 0 aliphatic rings. The Kier molecular flexibility index (Phi) is 6.29. The highest BCUT2D eigenvalue weighted by Crippen LogP contribution is 2.25. The summed E-state index contributed by atoms with van der Waals surface area (Å²) in [6, 6.07) is 25.6. The summed E-state index contributed by atoms with van der Waals surface area (Å²) in [5.74, 6) is -0.319. The van der Waals surface area contributed by atoms with Crippen LogP contribution in [-0.4, -0.2) is 47.6 Å². The molecule has 0 aliphatic heterocycles. The smallest absolute Gasteiger partial charge is 0.276 e. The number of nitro benzene ring substituents is 1. The number of amides is 1. The molecule has 37 heavy (non-hydrogen) atoms. The van der Waals surface area contributed by atoms with Crippen LogP contribution in [0.15, 0.2) is 91.1 Å². The molecule has 0 saturated heterocycles. The molecule has 0 saturated carbocycles. The third-order valence-corrected chi connectivity index (χ3v) is 5.99. The van der Waals surface area contributed by atoms with Gasteiger partial charge in [0.15, 0.2) is 5.69 Å². The standard InChI is InChI=1S/C27H23N7O3/c1-19-25(28-30-33(19)23-14-9-15-24(16-23)34(36)37)27(35)31(2)17-21-18-32(22-12-7-4-8-13-22)29-26(21)20-10-5-3-6-11-20/h3-16,18H,17H2,1-2H3. The molecule has 5 rings (SSSR count). The van der Waals surface area contributed by atoms with Crippen molar-refractivity contribution in [3.05, 3.63) is 118 Å². The zero-order valence-corrected chi connectivity index (χ0v) is 20.2. The van der Waals surface area contributed by atoms with Crippen LogP contribution in [0.3, 0.4) is 0 Å². The van der Waals surface area contributed by atoms with Gasteiger partial charge in [-0.25, -0.2) is 9.36 Å². The molecule has 0 N–H and O–H groups in total. The van der Waals surface area contributed by atoms with Gasteiger partial charge in [-0.05, 0) is 25.1 Å². The minimum atomic E-state index is -0.477. The van der Waals surface area contributed by atoms with Gasteiger partial charge < -0.3 is 4.90 Å². The Bertz CT molecular complexity index is 1580. The molecule has 0 bridgehead atoms. The van der Waals surface area contributed by atoms with Gasteiger partial charge in [-0.15, -0.1) is 5.10 Å². The zero-order chi connectivity index (χ0) is 25.9. The second-order valence-corrected chi connectivity index (χ2v) is 8.52. The summed E-state index contributed by atoms with van der Waals surface area (Å²) in [5.41, 5.74) is 4.55. The number of benzene rings is 3. The van der Waals surface area contributed by atoms with Gasteiger partial charge in [0.05, 0.1) is 27.7 Å². The summed E-state index contributed by atoms with van der Waals surface area (Å²) >= 11 is 0. The van der Waals surface area contributed by atoms with Crippen molar-refractivity contribution >= 4 is 11.6 Å². The molecule has 3 aromatic carbocycles. The highest BCUT2D eigenvalue weighted by atomic mass is 16.6. The van der Waals surface area contributed by atoms with Gasteiger partial charge in [0, 0.05) is 43.0 Å². The molecule has 10 heteroatoms. The molecule has 184 valence electrons. The third kappa shape index (κ3) is 4.72. The van der Waals surface area contributed by atoms with E-state index in [0.717, 1.165) is 22.5 Å². The lowest BCUT2D eigenvalue weighted by Crippen LogP contribution is -2.27. The van der Waals surface area contributed by atoms with Gasteiger partial charge in [0.25, 0.3) is 11.6 Å². The largest absolute Gasteiger partial charge is 0.336 e. The Hall–Kier alpha value is -5.12. The average molecular weight is 494 g/mol. The van der Waals surface area contributed by atoms with Gasteiger partial charge in [-0.1, -0.05) is 59.8 Å². The van der Waals surface area contributed by atoms with Crippen LogP contribution in [0.2, 0.25) is 0 Å². The molecule has 2 aromatic heterocycles. The predicted molar refractivity (Wildman–Crippen MR) is 138 cm³/mol. The van der Waals surface area contributed by atoms with Crippen molar-refractivity contribution < 1.29 is 9.72 Å². The van der Waals surface area contributed by atoms with E-state index in [0.29, 0.717) is 17.9 Å². The zero-order valence-electron chi connectivity index (χ0n) is 20.2. The summed E-state index contributed by atoms with van der Waals surface area (Å²) < 4.78 is 3.23. The second-order valence-electron chi connectivity index (χ2n) is 8.52. The lowest BCUT2D eigenvalue weighted by molar-refractivity contribution is -0.384. The van der Waals surface area contributed by atoms with Crippen LogP contribution in [0.5, 0.6) is 0 Å². The normalized spacial score (nSPS) is 10.9. The van der Waals surface area contributed by atoms with Crippen molar-refractivity contribution in [1.82, 2.24) is 29.7 Å². The minimum Gasteiger partial charge on any atom is -0.336 e. The Morgan fingerprint density at radius 2 is 1.65 bits per heavy atom. The van der Waals surface area contributed by atoms with Gasteiger partial charge >= 0.3 is 0 Å². The predicted octanol–water partition coefficient (Wildman–Crippen LogP) is 4.61. The quantitative estimate of drug-likeness (QED) is 0.242. The van der Waals surface area contributed by atoms with Crippen molar-refractivity contribution in [3.63, 3.8) is 0 Å². The number of aromatic nitrogens is 5. The topological polar surface area (TPSA) is 112 Å². The highest BCUT2D eigenvalue weighted by Gasteiger charge is 2.23. The van der Waals surface area contributed by atoms with Gasteiger partial charge in [0.1, 0.15) is 0 Å². The minimum absolute atomic E-state index is 0.0683. The molecular formula is C27H23N7O3. The first-order chi connectivity index (χ1) is 17.9. The molecular weight excluding hydrogens is 470 g/mol. The maximum absolute atomic E-state index is 13.4. The molecule has 2 heterocycles. The van der Waals surface area contributed by atoms with Crippen LogP contribution in [0.1, 0.15) is 21.7 Å². The van der Waals surface area contributed by atoms with E-state index in [4.69, 9.17) is 5.10 Å². The molecule has 0 radical (unpaired) electrons. The van der Waals surface area contributed by atoms with Gasteiger partial charge in [0.2, 0.25) is 0 Å². The van der Waals surface area contributed by atoms with Crippen molar-refractivity contribution in [2.24, 2.45) is 0 Å². The Balaban J connectivity index is 1.44. The van der Waals surface area contributed by atoms with Gasteiger partial charge in [-0.2, -0.15) is 5.10 Å². The van der Waals surface area contributed by atoms with Gasteiger partial charge in [-0.3, -0.25) is 14.9 Å².